The Labute approximate surface area is 193 Å². The van der Waals surface area contributed by atoms with Gasteiger partial charge >= 0.3 is 6.18 Å². The van der Waals surface area contributed by atoms with E-state index in [1.54, 1.807) is 36.9 Å². The quantitative estimate of drug-likeness (QED) is 0.677. The van der Waals surface area contributed by atoms with Crippen LogP contribution in [0.5, 0.6) is 11.5 Å². The second kappa shape index (κ2) is 7.90. The third-order valence-electron chi connectivity index (χ3n) is 5.52. The fraction of sp³-hybridized carbons (Fsp3) is 0.318. The maximum atomic E-state index is 13.5. The first-order chi connectivity index (χ1) is 15.5. The van der Waals surface area contributed by atoms with Gasteiger partial charge in [0.05, 0.1) is 22.9 Å². The lowest BCUT2D eigenvalue weighted by Crippen LogP contribution is -2.44. The number of carbonyl (C=O) groups is 1. The molecule has 2 aliphatic rings. The number of hydrogen-bond donors (Lipinski definition) is 1. The maximum absolute atomic E-state index is 13.5. The summed E-state index contributed by atoms with van der Waals surface area (Å²) >= 11 is 5.54. The molecule has 2 aromatic carbocycles. The Morgan fingerprint density at radius 3 is 2.55 bits per heavy atom. The number of benzene rings is 2. The van der Waals surface area contributed by atoms with Gasteiger partial charge in [0.25, 0.3) is 5.91 Å². The van der Waals surface area contributed by atoms with Crippen molar-refractivity contribution in [1.82, 2.24) is 0 Å². The number of thiocarbonyl (C=S) groups is 1. The maximum Gasteiger partial charge on any atom is 0.417 e. The molecule has 4 rings (SSSR count). The van der Waals surface area contributed by atoms with Crippen LogP contribution < -0.4 is 25.0 Å². The third kappa shape index (κ3) is 3.75. The Morgan fingerprint density at radius 1 is 1.21 bits per heavy atom. The number of hydrogen-bond acceptors (Lipinski definition) is 6. The van der Waals surface area contributed by atoms with E-state index >= 15 is 0 Å². The second-order valence-electron chi connectivity index (χ2n) is 8.07. The number of rotatable bonds is 3. The van der Waals surface area contributed by atoms with Gasteiger partial charge in [0.1, 0.15) is 18.2 Å². The molecule has 1 unspecified atom stereocenters. The monoisotopic (exact) mass is 476 g/mol. The molecule has 1 amide bonds. The van der Waals surface area contributed by atoms with Crippen molar-refractivity contribution in [2.75, 3.05) is 23.0 Å². The summed E-state index contributed by atoms with van der Waals surface area (Å²) in [4.78, 5) is 15.9. The van der Waals surface area contributed by atoms with E-state index in [0.717, 1.165) is 17.0 Å². The molecule has 0 radical (unpaired) electrons. The molecule has 11 heteroatoms. The molecular weight excluding hydrogens is 457 g/mol. The number of alkyl halides is 3. The third-order valence-corrected chi connectivity index (χ3v) is 5.89. The second-order valence-corrected chi connectivity index (χ2v) is 8.44. The highest BCUT2D eigenvalue weighted by Gasteiger charge is 2.51. The van der Waals surface area contributed by atoms with Crippen LogP contribution in [0, 0.1) is 11.3 Å². The largest absolute Gasteiger partial charge is 0.486 e. The van der Waals surface area contributed by atoms with Crippen molar-refractivity contribution in [2.45, 2.75) is 31.7 Å². The number of nitriles is 1. The number of amides is 1. The first-order valence-electron chi connectivity index (χ1n) is 9.92. The molecule has 172 valence electrons. The topological polar surface area (TPSA) is 91.8 Å². The Hall–Kier alpha value is -3.36. The number of fused-ring (bicyclic) bond motifs is 1. The summed E-state index contributed by atoms with van der Waals surface area (Å²) in [6.07, 6.45) is -5.04. The Balaban J connectivity index is 1.74. The van der Waals surface area contributed by atoms with Crippen LogP contribution in [-0.2, 0) is 11.0 Å². The van der Waals surface area contributed by atoms with Crippen molar-refractivity contribution >= 4 is 34.6 Å². The molecular formula is C22H19F3N4O3S. The SMILES string of the molecule is CC1(C)C(=O)N(c2ccc(C#N)c(C(F)(F)F)c2)C(=S)N1c1ccc2c(c1)OCC(CN)O2. The Morgan fingerprint density at radius 2 is 1.91 bits per heavy atom. The van der Waals surface area contributed by atoms with Crippen LogP contribution in [0.2, 0.25) is 0 Å². The lowest BCUT2D eigenvalue weighted by Gasteiger charge is -2.31. The molecule has 0 aliphatic carbocycles. The van der Waals surface area contributed by atoms with Crippen LogP contribution in [0.15, 0.2) is 36.4 Å². The molecule has 1 atom stereocenters. The molecule has 2 N–H and O–H groups in total. The summed E-state index contributed by atoms with van der Waals surface area (Å²) in [5, 5.41) is 9.05. The van der Waals surface area contributed by atoms with Crippen LogP contribution in [0.3, 0.4) is 0 Å². The lowest BCUT2D eigenvalue weighted by molar-refractivity contribution is -0.137. The standard InChI is InChI=1S/C22H19F3N4O3S/c1-21(2)19(30)28(13-4-3-12(9-26)16(7-13)22(23,24)25)20(33)29(21)14-5-6-17-18(8-14)31-11-15(10-27)32-17/h3-8,15H,10-11,27H2,1-2H3. The van der Waals surface area contributed by atoms with Crippen LogP contribution in [0.1, 0.15) is 25.0 Å². The van der Waals surface area contributed by atoms with Gasteiger partial charge in [0.2, 0.25) is 0 Å². The minimum absolute atomic E-state index is 0.000607. The number of nitrogens with zero attached hydrogens (tertiary/aromatic N) is 3. The van der Waals surface area contributed by atoms with Gasteiger partial charge in [-0.15, -0.1) is 0 Å². The van der Waals surface area contributed by atoms with E-state index in [4.69, 9.17) is 32.7 Å². The molecule has 33 heavy (non-hydrogen) atoms. The lowest BCUT2D eigenvalue weighted by atomic mass is 10.0. The first kappa shape index (κ1) is 22.8. The number of halogens is 3. The molecule has 1 fully saturated rings. The van der Waals surface area contributed by atoms with Gasteiger partial charge in [-0.1, -0.05) is 0 Å². The minimum atomic E-state index is -4.77. The van der Waals surface area contributed by atoms with Crippen molar-refractivity contribution < 1.29 is 27.4 Å². The van der Waals surface area contributed by atoms with E-state index in [0.29, 0.717) is 23.7 Å². The van der Waals surface area contributed by atoms with Crippen LogP contribution >= 0.6 is 12.2 Å². The van der Waals surface area contributed by atoms with Gasteiger partial charge in [-0.3, -0.25) is 9.69 Å². The van der Waals surface area contributed by atoms with E-state index in [1.165, 1.54) is 12.1 Å². The first-order valence-corrected chi connectivity index (χ1v) is 10.3. The van der Waals surface area contributed by atoms with Crippen molar-refractivity contribution in [1.29, 1.82) is 5.26 Å². The average molecular weight is 476 g/mol. The predicted molar refractivity (Wildman–Crippen MR) is 118 cm³/mol. The van der Waals surface area contributed by atoms with Gasteiger partial charge in [-0.05, 0) is 56.4 Å². The Bertz CT molecular complexity index is 1190. The van der Waals surface area contributed by atoms with E-state index in [1.807, 2.05) is 0 Å². The molecule has 2 aliphatic heterocycles. The summed E-state index contributed by atoms with van der Waals surface area (Å²) in [7, 11) is 0. The molecule has 0 bridgehead atoms. The number of anilines is 2. The fourth-order valence-corrected chi connectivity index (χ4v) is 4.34. The summed E-state index contributed by atoms with van der Waals surface area (Å²) in [6.45, 7) is 3.80. The highest BCUT2D eigenvalue weighted by atomic mass is 32.1. The molecule has 0 saturated carbocycles. The smallest absolute Gasteiger partial charge is 0.417 e. The molecule has 0 aromatic heterocycles. The van der Waals surface area contributed by atoms with Crippen molar-refractivity contribution in [3.05, 3.63) is 47.5 Å². The van der Waals surface area contributed by atoms with Crippen LogP contribution in [0.25, 0.3) is 0 Å². The highest BCUT2D eigenvalue weighted by molar-refractivity contribution is 7.81. The van der Waals surface area contributed by atoms with Gasteiger partial charge in [-0.25, -0.2) is 0 Å². The number of ether oxygens (including phenoxy) is 2. The average Bonchev–Trinajstić information content (AvgIpc) is 2.95. The molecule has 2 heterocycles. The van der Waals surface area contributed by atoms with Crippen molar-refractivity contribution in [2.24, 2.45) is 5.73 Å². The van der Waals surface area contributed by atoms with Gasteiger partial charge < -0.3 is 20.1 Å². The van der Waals surface area contributed by atoms with Crippen molar-refractivity contribution in [3.63, 3.8) is 0 Å². The van der Waals surface area contributed by atoms with Crippen LogP contribution in [-0.4, -0.2) is 35.8 Å². The highest BCUT2D eigenvalue weighted by Crippen LogP contribution is 2.42. The fourth-order valence-electron chi connectivity index (χ4n) is 3.82. The van der Waals surface area contributed by atoms with Gasteiger partial charge in [-0.2, -0.15) is 18.4 Å². The Kier molecular flexibility index (Phi) is 5.46. The molecule has 1 saturated heterocycles. The molecule has 7 nitrogen and oxygen atoms in total. The van der Waals surface area contributed by atoms with E-state index in [9.17, 15) is 18.0 Å². The number of nitrogens with two attached hydrogens (primary N) is 1. The van der Waals surface area contributed by atoms with Crippen molar-refractivity contribution in [3.8, 4) is 17.6 Å². The van der Waals surface area contributed by atoms with Gasteiger partial charge in [0, 0.05) is 18.3 Å². The zero-order valence-corrected chi connectivity index (χ0v) is 18.5. The zero-order valence-electron chi connectivity index (χ0n) is 17.6. The van der Waals surface area contributed by atoms with E-state index < -0.39 is 28.7 Å². The predicted octanol–water partition coefficient (Wildman–Crippen LogP) is 3.59. The summed E-state index contributed by atoms with van der Waals surface area (Å²) < 4.78 is 51.9. The molecule has 2 aromatic rings. The molecule has 0 spiro atoms. The van der Waals surface area contributed by atoms with E-state index in [-0.39, 0.29) is 23.5 Å². The summed E-state index contributed by atoms with van der Waals surface area (Å²) in [6, 6.07) is 9.61. The van der Waals surface area contributed by atoms with E-state index in [2.05, 4.69) is 0 Å². The minimum Gasteiger partial charge on any atom is -0.486 e. The zero-order chi connectivity index (χ0) is 24.1. The normalized spacial score (nSPS) is 19.6. The van der Waals surface area contributed by atoms with Crippen LogP contribution in [0.4, 0.5) is 24.5 Å². The summed E-state index contributed by atoms with van der Waals surface area (Å²) in [5.74, 6) is 0.427. The number of carbonyl (C=O) groups excluding carboxylic acids is 1. The summed E-state index contributed by atoms with van der Waals surface area (Å²) in [5.41, 5.74) is 3.19. The van der Waals surface area contributed by atoms with Gasteiger partial charge in [0.15, 0.2) is 16.6 Å².